The number of hydrogen-bond acceptors (Lipinski definition) is 7. The Balaban J connectivity index is 1.44. The Labute approximate surface area is 198 Å². The van der Waals surface area contributed by atoms with Crippen LogP contribution in [0.4, 0.5) is 5.82 Å². The molecule has 2 aromatic carbocycles. The summed E-state index contributed by atoms with van der Waals surface area (Å²) in [5.74, 6) is 3.59. The standard InChI is InChI=1S/C27H26N4O3/c1-32-22-3-5-25-20(15-22)14-21(17-34-25)26-29-24-16-19(18-6-8-28-9-7-18)2-4-23(24)27(30-26)31-10-12-33-13-11-31/h2-9,15-16,21H,10-14,17H2,1H3. The lowest BCUT2D eigenvalue weighted by Crippen LogP contribution is -2.37. The van der Waals surface area contributed by atoms with E-state index >= 15 is 0 Å². The van der Waals surface area contributed by atoms with Crippen LogP contribution in [0.2, 0.25) is 0 Å². The Morgan fingerprint density at radius 1 is 0.941 bits per heavy atom. The molecule has 0 bridgehead atoms. The lowest BCUT2D eigenvalue weighted by atomic mass is 9.95. The van der Waals surface area contributed by atoms with Crippen LogP contribution in [0.25, 0.3) is 22.0 Å². The fourth-order valence-electron chi connectivity index (χ4n) is 4.72. The molecule has 0 amide bonds. The lowest BCUT2D eigenvalue weighted by Gasteiger charge is -2.30. The predicted molar refractivity (Wildman–Crippen MR) is 131 cm³/mol. The first-order chi connectivity index (χ1) is 16.8. The second-order valence-electron chi connectivity index (χ2n) is 8.66. The molecule has 6 rings (SSSR count). The van der Waals surface area contributed by atoms with Crippen molar-refractivity contribution in [2.45, 2.75) is 12.3 Å². The topological polar surface area (TPSA) is 69.6 Å². The number of aromatic nitrogens is 3. The van der Waals surface area contributed by atoms with Gasteiger partial charge in [0.25, 0.3) is 0 Å². The summed E-state index contributed by atoms with van der Waals surface area (Å²) in [6, 6.07) is 16.4. The largest absolute Gasteiger partial charge is 0.497 e. The summed E-state index contributed by atoms with van der Waals surface area (Å²) in [5, 5.41) is 1.06. The molecule has 4 aromatic rings. The van der Waals surface area contributed by atoms with Gasteiger partial charge in [-0.25, -0.2) is 9.97 Å². The predicted octanol–water partition coefficient (Wildman–Crippen LogP) is 4.26. The molecule has 7 heteroatoms. The monoisotopic (exact) mass is 454 g/mol. The van der Waals surface area contributed by atoms with Crippen LogP contribution >= 0.6 is 0 Å². The average Bonchev–Trinajstić information content (AvgIpc) is 2.92. The minimum Gasteiger partial charge on any atom is -0.497 e. The Hall–Kier alpha value is -3.71. The maximum absolute atomic E-state index is 6.10. The molecule has 1 atom stereocenters. The molecule has 0 N–H and O–H groups in total. The number of ether oxygens (including phenoxy) is 3. The molecule has 1 fully saturated rings. The average molecular weight is 455 g/mol. The third-order valence-corrected chi connectivity index (χ3v) is 6.56. The number of morpholine rings is 1. The molecular weight excluding hydrogens is 428 g/mol. The van der Waals surface area contributed by atoms with Crippen molar-refractivity contribution in [3.05, 3.63) is 72.3 Å². The number of benzene rings is 2. The fourth-order valence-corrected chi connectivity index (χ4v) is 4.72. The van der Waals surface area contributed by atoms with Crippen LogP contribution in [0.15, 0.2) is 60.9 Å². The van der Waals surface area contributed by atoms with E-state index in [-0.39, 0.29) is 5.92 Å². The highest BCUT2D eigenvalue weighted by Crippen LogP contribution is 2.36. The van der Waals surface area contributed by atoms with Crippen molar-refractivity contribution in [2.75, 3.05) is 44.9 Å². The first kappa shape index (κ1) is 20.9. The van der Waals surface area contributed by atoms with Gasteiger partial charge in [-0.15, -0.1) is 0 Å². The molecule has 7 nitrogen and oxygen atoms in total. The van der Waals surface area contributed by atoms with Gasteiger partial charge < -0.3 is 19.1 Å². The van der Waals surface area contributed by atoms with Crippen molar-refractivity contribution >= 4 is 16.7 Å². The highest BCUT2D eigenvalue weighted by Gasteiger charge is 2.27. The van der Waals surface area contributed by atoms with Gasteiger partial charge >= 0.3 is 0 Å². The summed E-state index contributed by atoms with van der Waals surface area (Å²) in [7, 11) is 1.68. The van der Waals surface area contributed by atoms with Gasteiger partial charge in [-0.05, 0) is 65.6 Å². The second kappa shape index (κ2) is 8.91. The van der Waals surface area contributed by atoms with E-state index < -0.39 is 0 Å². The zero-order valence-electron chi connectivity index (χ0n) is 19.1. The van der Waals surface area contributed by atoms with Gasteiger partial charge in [0.15, 0.2) is 0 Å². The normalized spacial score (nSPS) is 17.8. The minimum absolute atomic E-state index is 0.0633. The maximum atomic E-state index is 6.10. The van der Waals surface area contributed by atoms with Crippen molar-refractivity contribution < 1.29 is 14.2 Å². The number of methoxy groups -OCH3 is 1. The molecule has 2 aliphatic rings. The molecule has 1 saturated heterocycles. The van der Waals surface area contributed by atoms with Gasteiger partial charge in [0, 0.05) is 30.9 Å². The molecule has 34 heavy (non-hydrogen) atoms. The quantitative estimate of drug-likeness (QED) is 0.456. The summed E-state index contributed by atoms with van der Waals surface area (Å²) in [6.07, 6.45) is 4.44. The van der Waals surface area contributed by atoms with E-state index in [0.717, 1.165) is 70.2 Å². The third kappa shape index (κ3) is 3.92. The van der Waals surface area contributed by atoms with Crippen molar-refractivity contribution in [3.63, 3.8) is 0 Å². The highest BCUT2D eigenvalue weighted by molar-refractivity contribution is 5.92. The Morgan fingerprint density at radius 3 is 2.62 bits per heavy atom. The van der Waals surface area contributed by atoms with Gasteiger partial charge in [-0.1, -0.05) is 6.07 Å². The number of anilines is 1. The first-order valence-corrected chi connectivity index (χ1v) is 11.6. The van der Waals surface area contributed by atoms with Gasteiger partial charge in [0.2, 0.25) is 0 Å². The van der Waals surface area contributed by atoms with Crippen molar-refractivity contribution in [1.29, 1.82) is 0 Å². The second-order valence-corrected chi connectivity index (χ2v) is 8.66. The van der Waals surface area contributed by atoms with E-state index in [0.29, 0.717) is 19.8 Å². The molecule has 0 aliphatic carbocycles. The molecular formula is C27H26N4O3. The van der Waals surface area contributed by atoms with Gasteiger partial charge in [-0.3, -0.25) is 4.98 Å². The molecule has 4 heterocycles. The number of rotatable bonds is 4. The van der Waals surface area contributed by atoms with E-state index in [9.17, 15) is 0 Å². The molecule has 2 aromatic heterocycles. The molecule has 0 radical (unpaired) electrons. The van der Waals surface area contributed by atoms with E-state index in [1.54, 1.807) is 7.11 Å². The van der Waals surface area contributed by atoms with Gasteiger partial charge in [-0.2, -0.15) is 0 Å². The summed E-state index contributed by atoms with van der Waals surface area (Å²) < 4.78 is 17.1. The first-order valence-electron chi connectivity index (χ1n) is 11.6. The summed E-state index contributed by atoms with van der Waals surface area (Å²) >= 11 is 0. The smallest absolute Gasteiger partial charge is 0.140 e. The fraction of sp³-hybridized carbons (Fsp3) is 0.296. The highest BCUT2D eigenvalue weighted by atomic mass is 16.5. The van der Waals surface area contributed by atoms with Crippen LogP contribution in [0, 0.1) is 0 Å². The summed E-state index contributed by atoms with van der Waals surface area (Å²) in [6.45, 7) is 3.60. The lowest BCUT2D eigenvalue weighted by molar-refractivity contribution is 0.122. The third-order valence-electron chi connectivity index (χ3n) is 6.56. The van der Waals surface area contributed by atoms with Crippen LogP contribution in [-0.4, -0.2) is 55.0 Å². The SMILES string of the molecule is COc1ccc2c(c1)CC(c1nc(N3CCOCC3)c3ccc(-c4ccncc4)cc3n1)CO2. The van der Waals surface area contributed by atoms with E-state index in [1.807, 2.05) is 42.7 Å². The van der Waals surface area contributed by atoms with Crippen molar-refractivity contribution in [2.24, 2.45) is 0 Å². The Bertz CT molecular complexity index is 1320. The van der Waals surface area contributed by atoms with Crippen LogP contribution in [-0.2, 0) is 11.2 Å². The molecule has 2 aliphatic heterocycles. The van der Waals surface area contributed by atoms with E-state index in [1.165, 1.54) is 0 Å². The summed E-state index contributed by atoms with van der Waals surface area (Å²) in [5.41, 5.74) is 4.30. The van der Waals surface area contributed by atoms with E-state index in [2.05, 4.69) is 28.1 Å². The number of fused-ring (bicyclic) bond motifs is 2. The van der Waals surface area contributed by atoms with Crippen molar-refractivity contribution in [3.8, 4) is 22.6 Å². The van der Waals surface area contributed by atoms with E-state index in [4.69, 9.17) is 24.2 Å². The zero-order valence-corrected chi connectivity index (χ0v) is 19.1. The molecule has 0 saturated carbocycles. The van der Waals surface area contributed by atoms with Crippen LogP contribution in [0.1, 0.15) is 17.3 Å². The van der Waals surface area contributed by atoms with Crippen LogP contribution < -0.4 is 14.4 Å². The van der Waals surface area contributed by atoms with Crippen molar-refractivity contribution in [1.82, 2.24) is 15.0 Å². The van der Waals surface area contributed by atoms with Gasteiger partial charge in [0.1, 0.15) is 23.1 Å². The molecule has 1 unspecified atom stereocenters. The zero-order chi connectivity index (χ0) is 22.9. The number of pyridine rings is 1. The minimum atomic E-state index is 0.0633. The Kier molecular flexibility index (Phi) is 5.47. The number of nitrogens with zero attached hydrogens (tertiary/aromatic N) is 4. The Morgan fingerprint density at radius 2 is 1.79 bits per heavy atom. The molecule has 172 valence electrons. The van der Waals surface area contributed by atoms with Crippen LogP contribution in [0.3, 0.4) is 0 Å². The van der Waals surface area contributed by atoms with Crippen LogP contribution in [0.5, 0.6) is 11.5 Å². The van der Waals surface area contributed by atoms with Gasteiger partial charge in [0.05, 0.1) is 38.4 Å². The maximum Gasteiger partial charge on any atom is 0.140 e. The molecule has 0 spiro atoms. The number of hydrogen-bond donors (Lipinski definition) is 0. The summed E-state index contributed by atoms with van der Waals surface area (Å²) in [4.78, 5) is 16.6.